The predicted octanol–water partition coefficient (Wildman–Crippen LogP) is 3.14. The maximum atomic E-state index is 2.48. The van der Waals surface area contributed by atoms with Crippen LogP contribution in [-0.2, 0) is 0 Å². The Kier molecular flexibility index (Phi) is 1.21. The van der Waals surface area contributed by atoms with Gasteiger partial charge >= 0.3 is 0 Å². The van der Waals surface area contributed by atoms with Crippen LogP contribution in [0.4, 0.5) is 0 Å². The molecule has 0 aromatic rings. The first kappa shape index (κ1) is 6.45. The van der Waals surface area contributed by atoms with Gasteiger partial charge in [0.25, 0.3) is 0 Å². The lowest BCUT2D eigenvalue weighted by molar-refractivity contribution is 0.143. The zero-order chi connectivity index (χ0) is 7.19. The summed E-state index contributed by atoms with van der Waals surface area (Å²) in [5, 5.41) is 0. The van der Waals surface area contributed by atoms with Crippen molar-refractivity contribution in [2.75, 3.05) is 0 Å². The minimum atomic E-state index is 0.668. The van der Waals surface area contributed by atoms with Gasteiger partial charge in [-0.05, 0) is 37.0 Å². The summed E-state index contributed by atoms with van der Waals surface area (Å²) in [6.07, 6.45) is 8.05. The molecule has 10 heavy (non-hydrogen) atoms. The third-order valence-corrected chi connectivity index (χ3v) is 3.63. The van der Waals surface area contributed by atoms with Crippen molar-refractivity contribution in [3.05, 3.63) is 11.6 Å². The van der Waals surface area contributed by atoms with Crippen molar-refractivity contribution < 1.29 is 0 Å². The summed E-state index contributed by atoms with van der Waals surface area (Å²) >= 11 is 0. The van der Waals surface area contributed by atoms with E-state index < -0.39 is 0 Å². The van der Waals surface area contributed by atoms with Gasteiger partial charge in [0, 0.05) is 0 Å². The highest BCUT2D eigenvalue weighted by Crippen LogP contribution is 2.49. The van der Waals surface area contributed by atoms with Gasteiger partial charge in [-0.2, -0.15) is 0 Å². The van der Waals surface area contributed by atoms with Crippen molar-refractivity contribution in [1.82, 2.24) is 0 Å². The molecule has 3 aliphatic carbocycles. The maximum absolute atomic E-state index is 2.48. The summed E-state index contributed by atoms with van der Waals surface area (Å²) in [4.78, 5) is 0. The number of rotatable bonds is 0. The van der Waals surface area contributed by atoms with Crippen LogP contribution in [0.5, 0.6) is 0 Å². The van der Waals surface area contributed by atoms with Gasteiger partial charge < -0.3 is 0 Å². The normalized spacial score (nSPS) is 45.4. The standard InChI is InChI=1S/C10H16/c1-8-7-9-3-5-10(8,2)6-4-9/h3,8H,4-7H2,1-2H3. The first-order valence-electron chi connectivity index (χ1n) is 4.39. The van der Waals surface area contributed by atoms with E-state index >= 15 is 0 Å². The van der Waals surface area contributed by atoms with Crippen molar-refractivity contribution in [3.63, 3.8) is 0 Å². The van der Waals surface area contributed by atoms with E-state index in [1.54, 1.807) is 5.57 Å². The minimum Gasteiger partial charge on any atom is -0.0848 e. The van der Waals surface area contributed by atoms with E-state index in [1.807, 2.05) is 0 Å². The largest absolute Gasteiger partial charge is 0.0848 e. The second kappa shape index (κ2) is 1.87. The van der Waals surface area contributed by atoms with E-state index in [9.17, 15) is 0 Å². The van der Waals surface area contributed by atoms with Crippen LogP contribution in [0.25, 0.3) is 0 Å². The van der Waals surface area contributed by atoms with E-state index in [-0.39, 0.29) is 0 Å². The first-order valence-corrected chi connectivity index (χ1v) is 4.39. The summed E-state index contributed by atoms with van der Waals surface area (Å²) in [6, 6.07) is 0. The van der Waals surface area contributed by atoms with E-state index in [4.69, 9.17) is 0 Å². The van der Waals surface area contributed by atoms with Crippen molar-refractivity contribution in [3.8, 4) is 0 Å². The molecular weight excluding hydrogens is 120 g/mol. The lowest BCUT2D eigenvalue weighted by Gasteiger charge is -2.44. The fraction of sp³-hybridized carbons (Fsp3) is 0.800. The Hall–Kier alpha value is -0.260. The van der Waals surface area contributed by atoms with Crippen LogP contribution in [0.2, 0.25) is 0 Å². The van der Waals surface area contributed by atoms with Gasteiger partial charge in [-0.25, -0.2) is 0 Å². The quantitative estimate of drug-likeness (QED) is 0.449. The predicted molar refractivity (Wildman–Crippen MR) is 43.8 cm³/mol. The first-order chi connectivity index (χ1) is 4.71. The molecule has 0 radical (unpaired) electrons. The summed E-state index contributed by atoms with van der Waals surface area (Å²) in [6.45, 7) is 4.86. The Morgan fingerprint density at radius 2 is 2.40 bits per heavy atom. The van der Waals surface area contributed by atoms with Gasteiger partial charge in [0.1, 0.15) is 0 Å². The molecule has 56 valence electrons. The van der Waals surface area contributed by atoms with Gasteiger partial charge in [0.05, 0.1) is 0 Å². The minimum absolute atomic E-state index is 0.668. The summed E-state index contributed by atoms with van der Waals surface area (Å²) in [5.74, 6) is 0.946. The Balaban J connectivity index is 2.30. The average molecular weight is 136 g/mol. The SMILES string of the molecule is CC1CC2=CCC1(C)CC2. The Morgan fingerprint density at radius 1 is 1.60 bits per heavy atom. The Bertz CT molecular complexity index is 178. The maximum Gasteiger partial charge on any atom is -0.0259 e. The molecule has 0 amide bonds. The van der Waals surface area contributed by atoms with E-state index in [1.165, 1.54) is 25.7 Å². The molecular formula is C10H16. The van der Waals surface area contributed by atoms with Crippen LogP contribution in [0, 0.1) is 11.3 Å². The fourth-order valence-corrected chi connectivity index (χ4v) is 2.30. The highest BCUT2D eigenvalue weighted by atomic mass is 14.4. The molecule has 3 aliphatic rings. The highest BCUT2D eigenvalue weighted by molar-refractivity contribution is 5.16. The molecule has 0 heterocycles. The molecule has 0 aliphatic heterocycles. The number of hydrogen-bond acceptors (Lipinski definition) is 0. The molecule has 0 saturated heterocycles. The monoisotopic (exact) mass is 136 g/mol. The van der Waals surface area contributed by atoms with Crippen LogP contribution in [0.3, 0.4) is 0 Å². The second-order valence-corrected chi connectivity index (χ2v) is 4.33. The third-order valence-electron chi connectivity index (χ3n) is 3.63. The topological polar surface area (TPSA) is 0 Å². The molecule has 3 rings (SSSR count). The van der Waals surface area contributed by atoms with Crippen LogP contribution in [0.1, 0.15) is 39.5 Å². The van der Waals surface area contributed by atoms with Gasteiger partial charge in [0.15, 0.2) is 0 Å². The van der Waals surface area contributed by atoms with Crippen molar-refractivity contribution in [2.45, 2.75) is 39.5 Å². The van der Waals surface area contributed by atoms with Crippen LogP contribution >= 0.6 is 0 Å². The molecule has 0 spiro atoms. The smallest absolute Gasteiger partial charge is 0.0259 e. The van der Waals surface area contributed by atoms with Crippen molar-refractivity contribution >= 4 is 0 Å². The molecule has 1 fully saturated rings. The summed E-state index contributed by atoms with van der Waals surface area (Å²) in [7, 11) is 0. The van der Waals surface area contributed by atoms with Crippen LogP contribution in [0.15, 0.2) is 11.6 Å². The molecule has 0 aromatic heterocycles. The number of allylic oxidation sites excluding steroid dienone is 2. The third kappa shape index (κ3) is 0.744. The summed E-state index contributed by atoms with van der Waals surface area (Å²) in [5.41, 5.74) is 2.40. The van der Waals surface area contributed by atoms with E-state index in [0.717, 1.165) is 5.92 Å². The molecule has 0 aromatic carbocycles. The number of hydrogen-bond donors (Lipinski definition) is 0. The van der Waals surface area contributed by atoms with E-state index in [2.05, 4.69) is 19.9 Å². The molecule has 0 nitrogen and oxygen atoms in total. The lowest BCUT2D eigenvalue weighted by Crippen LogP contribution is -2.32. The molecule has 1 saturated carbocycles. The summed E-state index contributed by atoms with van der Waals surface area (Å²) < 4.78 is 0. The second-order valence-electron chi connectivity index (χ2n) is 4.33. The van der Waals surface area contributed by atoms with Crippen LogP contribution < -0.4 is 0 Å². The van der Waals surface area contributed by atoms with Gasteiger partial charge in [-0.15, -0.1) is 0 Å². The molecule has 0 N–H and O–H groups in total. The molecule has 0 heteroatoms. The Morgan fingerprint density at radius 3 is 2.70 bits per heavy atom. The zero-order valence-corrected chi connectivity index (χ0v) is 6.98. The lowest BCUT2D eigenvalue weighted by atomic mass is 9.61. The zero-order valence-electron chi connectivity index (χ0n) is 6.98. The van der Waals surface area contributed by atoms with Gasteiger partial charge in [-0.3, -0.25) is 0 Å². The van der Waals surface area contributed by atoms with Gasteiger partial charge in [0.2, 0.25) is 0 Å². The average Bonchev–Trinajstić information content (AvgIpc) is 1.92. The van der Waals surface area contributed by atoms with Gasteiger partial charge in [-0.1, -0.05) is 25.5 Å². The fourth-order valence-electron chi connectivity index (χ4n) is 2.30. The molecule has 2 unspecified atom stereocenters. The Labute approximate surface area is 63.3 Å². The molecule has 2 bridgehead atoms. The van der Waals surface area contributed by atoms with E-state index in [0.29, 0.717) is 5.41 Å². The van der Waals surface area contributed by atoms with Crippen molar-refractivity contribution in [1.29, 1.82) is 0 Å². The van der Waals surface area contributed by atoms with Crippen LogP contribution in [-0.4, -0.2) is 0 Å². The molecule has 2 atom stereocenters. The number of fused-ring (bicyclic) bond motifs is 3. The van der Waals surface area contributed by atoms with Crippen molar-refractivity contribution in [2.24, 2.45) is 11.3 Å². The highest BCUT2D eigenvalue weighted by Gasteiger charge is 2.37.